The number of fused-ring (bicyclic) bond motifs is 1. The zero-order valence-corrected chi connectivity index (χ0v) is 19.3. The third kappa shape index (κ3) is 5.09. The van der Waals surface area contributed by atoms with Crippen molar-refractivity contribution in [2.24, 2.45) is 5.41 Å². The zero-order valence-electron chi connectivity index (χ0n) is 19.3. The Hall–Kier alpha value is -2.82. The van der Waals surface area contributed by atoms with Crippen molar-refractivity contribution < 1.29 is 14.3 Å². The number of ether oxygens (including phenoxy) is 1. The molecule has 1 amide bonds. The average molecular weight is 423 g/mol. The minimum absolute atomic E-state index is 0.299. The van der Waals surface area contributed by atoms with Crippen molar-refractivity contribution in [3.8, 4) is 0 Å². The van der Waals surface area contributed by atoms with Gasteiger partial charge in [0, 0.05) is 24.5 Å². The van der Waals surface area contributed by atoms with Crippen LogP contribution in [-0.4, -0.2) is 30.6 Å². The van der Waals surface area contributed by atoms with Crippen molar-refractivity contribution in [3.63, 3.8) is 0 Å². The molecule has 0 saturated heterocycles. The Labute approximate surface area is 185 Å². The van der Waals surface area contributed by atoms with E-state index in [-0.39, 0.29) is 5.91 Å². The number of carbonyl (C=O) groups is 2. The molecule has 3 rings (SSSR count). The molecule has 0 aromatic heterocycles. The molecule has 166 valence electrons. The second kappa shape index (κ2) is 9.13. The maximum atomic E-state index is 13.5. The van der Waals surface area contributed by atoms with Gasteiger partial charge in [0.25, 0.3) is 0 Å². The highest BCUT2D eigenvalue weighted by Gasteiger charge is 2.50. The summed E-state index contributed by atoms with van der Waals surface area (Å²) < 4.78 is 5.73. The Morgan fingerprint density at radius 2 is 1.61 bits per heavy atom. The molecule has 2 aromatic rings. The topological polar surface area (TPSA) is 58.6 Å². The number of rotatable bonds is 6. The predicted molar refractivity (Wildman–Crippen MR) is 125 cm³/mol. The molecule has 2 aromatic carbocycles. The maximum Gasteiger partial charge on any atom is 0.322 e. The van der Waals surface area contributed by atoms with E-state index in [9.17, 15) is 9.59 Å². The molecule has 0 saturated carbocycles. The molecule has 0 heterocycles. The summed E-state index contributed by atoms with van der Waals surface area (Å²) in [5.74, 6) is -0.751. The van der Waals surface area contributed by atoms with Crippen LogP contribution in [0.4, 0.5) is 11.4 Å². The Kier molecular flexibility index (Phi) is 6.73. The second-order valence-corrected chi connectivity index (χ2v) is 9.20. The smallest absolute Gasteiger partial charge is 0.322 e. The van der Waals surface area contributed by atoms with Crippen LogP contribution >= 0.6 is 0 Å². The van der Waals surface area contributed by atoms with Gasteiger partial charge in [-0.1, -0.05) is 24.3 Å². The highest BCUT2D eigenvalue weighted by molar-refractivity contribution is 6.09. The van der Waals surface area contributed by atoms with E-state index in [1.165, 1.54) is 5.56 Å². The molecule has 5 nitrogen and oxygen atoms in total. The fourth-order valence-corrected chi connectivity index (χ4v) is 4.17. The van der Waals surface area contributed by atoms with Crippen LogP contribution in [0.2, 0.25) is 0 Å². The highest BCUT2D eigenvalue weighted by Crippen LogP contribution is 2.39. The number of benzene rings is 2. The molecule has 0 fully saturated rings. The van der Waals surface area contributed by atoms with Gasteiger partial charge in [0.1, 0.15) is 5.60 Å². The number of hydrogen-bond donors (Lipinski definition) is 1. The van der Waals surface area contributed by atoms with Gasteiger partial charge in [-0.05, 0) is 89.3 Å². The number of esters is 1. The minimum atomic E-state index is -1.24. The van der Waals surface area contributed by atoms with Crippen LogP contribution in [0.1, 0.15) is 52.2 Å². The molecule has 1 N–H and O–H groups in total. The minimum Gasteiger partial charge on any atom is -0.459 e. The van der Waals surface area contributed by atoms with Gasteiger partial charge in [-0.15, -0.1) is 0 Å². The van der Waals surface area contributed by atoms with Gasteiger partial charge in [-0.3, -0.25) is 9.59 Å². The van der Waals surface area contributed by atoms with E-state index < -0.39 is 17.0 Å². The summed E-state index contributed by atoms with van der Waals surface area (Å²) in [5, 5.41) is 2.99. The summed E-state index contributed by atoms with van der Waals surface area (Å²) in [6, 6.07) is 15.8. The number of amides is 1. The summed E-state index contributed by atoms with van der Waals surface area (Å²) in [7, 11) is 0. The normalized spacial score (nSPS) is 18.1. The average Bonchev–Trinajstić information content (AvgIpc) is 2.74. The van der Waals surface area contributed by atoms with Crippen molar-refractivity contribution in [2.75, 3.05) is 23.3 Å². The molecule has 5 heteroatoms. The zero-order chi connectivity index (χ0) is 22.6. The lowest BCUT2D eigenvalue weighted by Crippen LogP contribution is -2.49. The van der Waals surface area contributed by atoms with E-state index in [0.29, 0.717) is 24.9 Å². The molecular weight excluding hydrogens is 388 g/mol. The number of carbonyl (C=O) groups excluding carboxylic acids is 2. The highest BCUT2D eigenvalue weighted by atomic mass is 16.6. The first-order valence-electron chi connectivity index (χ1n) is 11.1. The lowest BCUT2D eigenvalue weighted by molar-refractivity contribution is -0.170. The second-order valence-electron chi connectivity index (χ2n) is 9.20. The van der Waals surface area contributed by atoms with Gasteiger partial charge in [0.15, 0.2) is 5.41 Å². The molecule has 1 aliphatic rings. The third-order valence-corrected chi connectivity index (χ3v) is 5.91. The molecule has 1 aliphatic carbocycles. The van der Waals surface area contributed by atoms with E-state index in [1.807, 2.05) is 63.2 Å². The van der Waals surface area contributed by atoms with Crippen molar-refractivity contribution in [3.05, 3.63) is 59.7 Å². The largest absolute Gasteiger partial charge is 0.459 e. The first-order valence-corrected chi connectivity index (χ1v) is 11.1. The summed E-state index contributed by atoms with van der Waals surface area (Å²) in [6.07, 6.45) is 1.45. The first-order chi connectivity index (χ1) is 14.7. The number of nitrogens with one attached hydrogen (secondary N) is 1. The Morgan fingerprint density at radius 3 is 2.19 bits per heavy atom. The molecule has 1 unspecified atom stereocenters. The van der Waals surface area contributed by atoms with E-state index in [2.05, 4.69) is 30.1 Å². The van der Waals surface area contributed by atoms with E-state index >= 15 is 0 Å². The van der Waals surface area contributed by atoms with Crippen LogP contribution in [0, 0.1) is 5.41 Å². The van der Waals surface area contributed by atoms with Gasteiger partial charge in [0.05, 0.1) is 0 Å². The Balaban J connectivity index is 1.87. The van der Waals surface area contributed by atoms with Crippen LogP contribution < -0.4 is 10.2 Å². The molecule has 0 radical (unpaired) electrons. The molecule has 1 atom stereocenters. The standard InChI is InChI=1S/C26H34N2O3/c1-6-28(7-2)22-14-12-21(13-15-22)27-23(29)26(24(30)31-25(3,4)5)17-16-19-10-8-9-11-20(19)18-26/h8-15H,6-7,16-18H2,1-5H3,(H,27,29). The SMILES string of the molecule is CCN(CC)c1ccc(NC(=O)C2(C(=O)OC(C)(C)C)CCc3ccccc3C2)cc1. The fourth-order valence-electron chi connectivity index (χ4n) is 4.17. The van der Waals surface area contributed by atoms with Gasteiger partial charge in [-0.25, -0.2) is 0 Å². The number of anilines is 2. The van der Waals surface area contributed by atoms with Crippen molar-refractivity contribution in [2.45, 2.75) is 59.5 Å². The van der Waals surface area contributed by atoms with E-state index in [4.69, 9.17) is 4.74 Å². The van der Waals surface area contributed by atoms with Crippen molar-refractivity contribution in [1.29, 1.82) is 0 Å². The van der Waals surface area contributed by atoms with E-state index in [1.54, 1.807) is 0 Å². The van der Waals surface area contributed by atoms with Gasteiger partial charge in [-0.2, -0.15) is 0 Å². The first kappa shape index (κ1) is 22.9. The summed E-state index contributed by atoms with van der Waals surface area (Å²) in [4.78, 5) is 29.1. The lowest BCUT2D eigenvalue weighted by atomic mass is 9.70. The van der Waals surface area contributed by atoms with E-state index in [0.717, 1.165) is 24.3 Å². The molecule has 0 spiro atoms. The van der Waals surface area contributed by atoms with Gasteiger partial charge >= 0.3 is 5.97 Å². The molecular formula is C26H34N2O3. The predicted octanol–water partition coefficient (Wildman–Crippen LogP) is 4.99. The summed E-state index contributed by atoms with van der Waals surface area (Å²) in [5.41, 5.74) is 2.12. The van der Waals surface area contributed by atoms with Crippen molar-refractivity contribution >= 4 is 23.3 Å². The van der Waals surface area contributed by atoms with Crippen molar-refractivity contribution in [1.82, 2.24) is 0 Å². The Bertz CT molecular complexity index is 926. The number of nitrogens with zero attached hydrogens (tertiary/aromatic N) is 1. The number of hydrogen-bond acceptors (Lipinski definition) is 4. The maximum absolute atomic E-state index is 13.5. The van der Waals surface area contributed by atoms with Gasteiger partial charge < -0.3 is 15.0 Å². The van der Waals surface area contributed by atoms with Crippen LogP contribution in [0.3, 0.4) is 0 Å². The van der Waals surface area contributed by atoms with Crippen LogP contribution in [0.15, 0.2) is 48.5 Å². The van der Waals surface area contributed by atoms with Crippen LogP contribution in [0.25, 0.3) is 0 Å². The van der Waals surface area contributed by atoms with Gasteiger partial charge in [0.2, 0.25) is 5.91 Å². The monoisotopic (exact) mass is 422 g/mol. The lowest BCUT2D eigenvalue weighted by Gasteiger charge is -2.36. The van der Waals surface area contributed by atoms with Crippen LogP contribution in [0.5, 0.6) is 0 Å². The molecule has 0 bridgehead atoms. The summed E-state index contributed by atoms with van der Waals surface area (Å²) >= 11 is 0. The quantitative estimate of drug-likeness (QED) is 0.526. The van der Waals surface area contributed by atoms with Crippen LogP contribution in [-0.2, 0) is 27.2 Å². The molecule has 0 aliphatic heterocycles. The Morgan fingerprint density at radius 1 is 1.00 bits per heavy atom. The molecule has 31 heavy (non-hydrogen) atoms. The number of aryl methyl sites for hydroxylation is 1. The summed E-state index contributed by atoms with van der Waals surface area (Å²) in [6.45, 7) is 11.6. The fraction of sp³-hybridized carbons (Fsp3) is 0.462. The third-order valence-electron chi connectivity index (χ3n) is 5.91.